The van der Waals surface area contributed by atoms with Crippen molar-refractivity contribution in [2.75, 3.05) is 6.61 Å². The maximum absolute atomic E-state index is 9.85. The summed E-state index contributed by atoms with van der Waals surface area (Å²) in [7, 11) is 0. The summed E-state index contributed by atoms with van der Waals surface area (Å²) >= 11 is 1.24. The Morgan fingerprint density at radius 2 is 1.67 bits per heavy atom. The van der Waals surface area contributed by atoms with Crippen LogP contribution in [0.15, 0.2) is 35.2 Å². The van der Waals surface area contributed by atoms with Crippen molar-refractivity contribution in [3.63, 3.8) is 0 Å². The first-order valence-corrected chi connectivity index (χ1v) is 6.53. The Morgan fingerprint density at radius 3 is 2.28 bits per heavy atom. The maximum atomic E-state index is 9.85. The molecule has 1 fully saturated rings. The maximum Gasteiger partial charge on any atom is 0.136 e. The van der Waals surface area contributed by atoms with Gasteiger partial charge in [-0.2, -0.15) is 0 Å². The van der Waals surface area contributed by atoms with E-state index in [1.54, 1.807) is 0 Å². The quantitative estimate of drug-likeness (QED) is 0.597. The van der Waals surface area contributed by atoms with Crippen molar-refractivity contribution in [2.45, 2.75) is 34.7 Å². The van der Waals surface area contributed by atoms with Gasteiger partial charge in [0.05, 0.1) is 6.61 Å². The third-order valence-electron chi connectivity index (χ3n) is 2.84. The van der Waals surface area contributed by atoms with E-state index >= 15 is 0 Å². The van der Waals surface area contributed by atoms with E-state index in [0.717, 1.165) is 4.90 Å². The average Bonchev–Trinajstić information content (AvgIpc) is 2.40. The average molecular weight is 272 g/mol. The molecule has 1 aromatic carbocycles. The molecule has 1 aliphatic rings. The molecule has 4 N–H and O–H groups in total. The predicted molar refractivity (Wildman–Crippen MR) is 66.1 cm³/mol. The van der Waals surface area contributed by atoms with Crippen LogP contribution in [-0.4, -0.2) is 56.9 Å². The van der Waals surface area contributed by atoms with E-state index in [1.807, 2.05) is 30.3 Å². The summed E-state index contributed by atoms with van der Waals surface area (Å²) in [4.78, 5) is 0.877. The van der Waals surface area contributed by atoms with Gasteiger partial charge in [0.15, 0.2) is 0 Å². The van der Waals surface area contributed by atoms with Gasteiger partial charge in [-0.1, -0.05) is 30.0 Å². The molecule has 2 unspecified atom stereocenters. The normalized spacial score (nSPS) is 36.6. The van der Waals surface area contributed by atoms with Gasteiger partial charge in [0.25, 0.3) is 0 Å². The van der Waals surface area contributed by atoms with Gasteiger partial charge in [-0.05, 0) is 12.1 Å². The lowest BCUT2D eigenvalue weighted by molar-refractivity contribution is -0.205. The third kappa shape index (κ3) is 2.85. The van der Waals surface area contributed by atoms with Crippen LogP contribution in [-0.2, 0) is 4.74 Å². The number of hydrogen-bond acceptors (Lipinski definition) is 6. The van der Waals surface area contributed by atoms with Gasteiger partial charge in [0, 0.05) is 4.90 Å². The van der Waals surface area contributed by atoms with Crippen LogP contribution in [0.25, 0.3) is 0 Å². The van der Waals surface area contributed by atoms with Crippen LogP contribution in [0.2, 0.25) is 0 Å². The number of aliphatic hydroxyl groups is 4. The van der Waals surface area contributed by atoms with E-state index in [2.05, 4.69) is 0 Å². The topological polar surface area (TPSA) is 90.2 Å². The fourth-order valence-electron chi connectivity index (χ4n) is 1.80. The highest BCUT2D eigenvalue weighted by Gasteiger charge is 2.43. The highest BCUT2D eigenvalue weighted by molar-refractivity contribution is 7.99. The molecule has 2 rings (SSSR count). The molecule has 5 nitrogen and oxygen atoms in total. The smallest absolute Gasteiger partial charge is 0.136 e. The molecule has 0 saturated carbocycles. The first kappa shape index (κ1) is 13.8. The van der Waals surface area contributed by atoms with E-state index in [9.17, 15) is 15.3 Å². The molecule has 100 valence electrons. The van der Waals surface area contributed by atoms with E-state index in [1.165, 1.54) is 11.8 Å². The van der Waals surface area contributed by atoms with Gasteiger partial charge >= 0.3 is 0 Å². The lowest BCUT2D eigenvalue weighted by atomic mass is 10.0. The van der Waals surface area contributed by atoms with E-state index in [0.29, 0.717) is 0 Å². The van der Waals surface area contributed by atoms with Crippen LogP contribution in [0.5, 0.6) is 0 Å². The van der Waals surface area contributed by atoms with Crippen LogP contribution >= 0.6 is 11.8 Å². The van der Waals surface area contributed by atoms with Gasteiger partial charge in [0.1, 0.15) is 29.9 Å². The first-order valence-electron chi connectivity index (χ1n) is 5.65. The van der Waals surface area contributed by atoms with E-state index in [4.69, 9.17) is 9.84 Å². The molecule has 1 saturated heterocycles. The van der Waals surface area contributed by atoms with Crippen LogP contribution in [0.1, 0.15) is 0 Å². The van der Waals surface area contributed by atoms with Crippen LogP contribution in [0.3, 0.4) is 0 Å². The Hall–Kier alpha value is -0.630. The molecule has 0 bridgehead atoms. The lowest BCUT2D eigenvalue weighted by Crippen LogP contribution is -2.57. The zero-order valence-corrected chi connectivity index (χ0v) is 10.4. The second-order valence-corrected chi connectivity index (χ2v) is 5.30. The molecule has 1 aliphatic heterocycles. The van der Waals surface area contributed by atoms with Crippen molar-refractivity contribution in [3.8, 4) is 0 Å². The number of benzene rings is 1. The molecule has 0 amide bonds. The summed E-state index contributed by atoms with van der Waals surface area (Å²) in [6.07, 6.45) is -4.69. The van der Waals surface area contributed by atoms with Gasteiger partial charge in [-0.3, -0.25) is 0 Å². The highest BCUT2D eigenvalue weighted by atomic mass is 32.2. The van der Waals surface area contributed by atoms with Crippen molar-refractivity contribution in [3.05, 3.63) is 30.3 Å². The first-order chi connectivity index (χ1) is 8.63. The Balaban J connectivity index is 2.08. The van der Waals surface area contributed by atoms with Crippen LogP contribution in [0.4, 0.5) is 0 Å². The van der Waals surface area contributed by atoms with Crippen LogP contribution in [0, 0.1) is 0 Å². The zero-order chi connectivity index (χ0) is 13.1. The molecular weight excluding hydrogens is 256 g/mol. The molecule has 18 heavy (non-hydrogen) atoms. The molecule has 5 atom stereocenters. The molecule has 6 heteroatoms. The SMILES string of the molecule is OCC1O[C@@H](Sc2ccccc2)C(O)[C@@H](O)[C@H]1O. The van der Waals surface area contributed by atoms with Gasteiger partial charge in [-0.25, -0.2) is 0 Å². The van der Waals surface area contributed by atoms with Crippen LogP contribution < -0.4 is 0 Å². The minimum Gasteiger partial charge on any atom is -0.394 e. The molecule has 1 heterocycles. The van der Waals surface area contributed by atoms with Crippen molar-refractivity contribution < 1.29 is 25.2 Å². The fraction of sp³-hybridized carbons (Fsp3) is 0.500. The Morgan fingerprint density at radius 1 is 1.00 bits per heavy atom. The Kier molecular flexibility index (Phi) is 4.60. The largest absolute Gasteiger partial charge is 0.394 e. The van der Waals surface area contributed by atoms with Gasteiger partial charge in [-0.15, -0.1) is 0 Å². The number of thioether (sulfide) groups is 1. The summed E-state index contributed by atoms with van der Waals surface area (Å²) < 4.78 is 5.39. The number of ether oxygens (including phenoxy) is 1. The molecule has 0 radical (unpaired) electrons. The zero-order valence-electron chi connectivity index (χ0n) is 9.59. The Labute approximate surface area is 109 Å². The summed E-state index contributed by atoms with van der Waals surface area (Å²) in [6.45, 7) is -0.406. The number of hydrogen-bond donors (Lipinski definition) is 4. The minimum absolute atomic E-state index is 0.406. The molecule has 0 aromatic heterocycles. The van der Waals surface area contributed by atoms with Crippen molar-refractivity contribution in [1.82, 2.24) is 0 Å². The van der Waals surface area contributed by atoms with E-state index in [-0.39, 0.29) is 0 Å². The molecule has 1 aromatic rings. The summed E-state index contributed by atoms with van der Waals surface area (Å²) in [5, 5.41) is 38.2. The fourth-order valence-corrected chi connectivity index (χ4v) is 2.88. The second kappa shape index (κ2) is 6.01. The molecule has 0 spiro atoms. The summed E-state index contributed by atoms with van der Waals surface area (Å²) in [5.41, 5.74) is -0.719. The number of rotatable bonds is 3. The number of aliphatic hydroxyl groups excluding tert-OH is 4. The van der Waals surface area contributed by atoms with Crippen molar-refractivity contribution in [1.29, 1.82) is 0 Å². The standard InChI is InChI=1S/C12H16O5S/c13-6-8-9(14)10(15)11(16)12(17-8)18-7-4-2-1-3-5-7/h1-5,8-16H,6H2/t8?,9-,10-,11?,12-/m0/s1. The Bertz CT molecular complexity index is 372. The van der Waals surface area contributed by atoms with E-state index < -0.39 is 36.5 Å². The lowest BCUT2D eigenvalue weighted by Gasteiger charge is -2.39. The van der Waals surface area contributed by atoms with Crippen molar-refractivity contribution in [2.24, 2.45) is 0 Å². The molecule has 0 aliphatic carbocycles. The van der Waals surface area contributed by atoms with Crippen molar-refractivity contribution >= 4 is 11.8 Å². The second-order valence-electron chi connectivity index (χ2n) is 4.13. The highest BCUT2D eigenvalue weighted by Crippen LogP contribution is 2.32. The van der Waals surface area contributed by atoms with Gasteiger partial charge in [0.2, 0.25) is 0 Å². The van der Waals surface area contributed by atoms with Gasteiger partial charge < -0.3 is 25.2 Å². The predicted octanol–water partition coefficient (Wildman–Crippen LogP) is -0.421. The summed E-state index contributed by atoms with van der Waals surface area (Å²) in [6, 6.07) is 9.29. The third-order valence-corrected chi connectivity index (χ3v) is 4.01. The molecular formula is C12H16O5S. The minimum atomic E-state index is -1.32. The summed E-state index contributed by atoms with van der Waals surface area (Å²) in [5.74, 6) is 0. The monoisotopic (exact) mass is 272 g/mol.